The Labute approximate surface area is 112 Å². The number of hydrogen-bond acceptors (Lipinski definition) is 3. The zero-order valence-corrected chi connectivity index (χ0v) is 11.6. The van der Waals surface area contributed by atoms with E-state index in [9.17, 15) is 0 Å². The predicted molar refractivity (Wildman–Crippen MR) is 76.0 cm³/mol. The Morgan fingerprint density at radius 1 is 1.33 bits per heavy atom. The van der Waals surface area contributed by atoms with Gasteiger partial charge in [-0.15, -0.1) is 11.3 Å². The zero-order chi connectivity index (χ0) is 12.2. The first kappa shape index (κ1) is 12.2. The Morgan fingerprint density at radius 2 is 2.22 bits per heavy atom. The second-order valence-electron chi connectivity index (χ2n) is 5.29. The number of thiazole rings is 1. The number of imidazole rings is 1. The van der Waals surface area contributed by atoms with Crippen LogP contribution in [0.5, 0.6) is 0 Å². The van der Waals surface area contributed by atoms with Crippen molar-refractivity contribution in [3.05, 3.63) is 23.5 Å². The average Bonchev–Trinajstić information content (AvgIpc) is 2.96. The van der Waals surface area contributed by atoms with Gasteiger partial charge in [-0.1, -0.05) is 32.1 Å². The second kappa shape index (κ2) is 5.85. The molecule has 1 aliphatic rings. The summed E-state index contributed by atoms with van der Waals surface area (Å²) in [7, 11) is 0. The summed E-state index contributed by atoms with van der Waals surface area (Å²) in [6.45, 7) is 2.04. The molecule has 0 bridgehead atoms. The number of nitrogens with zero attached hydrogens (tertiary/aromatic N) is 2. The number of rotatable bonds is 5. The molecule has 0 aromatic carbocycles. The summed E-state index contributed by atoms with van der Waals surface area (Å²) >= 11 is 1.69. The number of nitrogens with one attached hydrogen (secondary N) is 1. The molecule has 1 fully saturated rings. The Hall–Kier alpha value is -0.870. The highest BCUT2D eigenvalue weighted by molar-refractivity contribution is 7.15. The molecule has 0 aliphatic heterocycles. The summed E-state index contributed by atoms with van der Waals surface area (Å²) in [4.78, 5) is 5.67. The third-order valence-electron chi connectivity index (χ3n) is 3.90. The Balaban J connectivity index is 1.40. The molecule has 2 aromatic heterocycles. The van der Waals surface area contributed by atoms with Gasteiger partial charge in [0.1, 0.15) is 0 Å². The summed E-state index contributed by atoms with van der Waals surface area (Å²) in [5.41, 5.74) is 1.16. The van der Waals surface area contributed by atoms with Gasteiger partial charge in [0.2, 0.25) is 0 Å². The van der Waals surface area contributed by atoms with Gasteiger partial charge in [-0.25, -0.2) is 4.98 Å². The molecule has 0 spiro atoms. The summed E-state index contributed by atoms with van der Waals surface area (Å²) in [6.07, 6.45) is 12.8. The lowest BCUT2D eigenvalue weighted by molar-refractivity contribution is 0.333. The second-order valence-corrected chi connectivity index (χ2v) is 6.17. The highest BCUT2D eigenvalue weighted by atomic mass is 32.1. The molecule has 0 atom stereocenters. The van der Waals surface area contributed by atoms with Crippen LogP contribution in [0.25, 0.3) is 4.96 Å². The molecule has 2 heterocycles. The third-order valence-corrected chi connectivity index (χ3v) is 4.67. The fraction of sp³-hybridized carbons (Fsp3) is 0.643. The lowest BCUT2D eigenvalue weighted by atomic mass is 9.87. The monoisotopic (exact) mass is 263 g/mol. The van der Waals surface area contributed by atoms with Gasteiger partial charge in [-0.3, -0.25) is 4.40 Å². The van der Waals surface area contributed by atoms with E-state index in [-0.39, 0.29) is 0 Å². The van der Waals surface area contributed by atoms with Crippen molar-refractivity contribution in [2.75, 3.05) is 6.54 Å². The maximum Gasteiger partial charge on any atom is 0.193 e. The van der Waals surface area contributed by atoms with Crippen molar-refractivity contribution in [1.82, 2.24) is 14.7 Å². The summed E-state index contributed by atoms with van der Waals surface area (Å²) in [5.74, 6) is 0.969. The van der Waals surface area contributed by atoms with E-state index in [4.69, 9.17) is 0 Å². The van der Waals surface area contributed by atoms with Gasteiger partial charge in [0.05, 0.1) is 5.69 Å². The van der Waals surface area contributed by atoms with E-state index < -0.39 is 0 Å². The lowest BCUT2D eigenvalue weighted by Crippen LogP contribution is -2.19. The van der Waals surface area contributed by atoms with Crippen LogP contribution in [-0.4, -0.2) is 15.9 Å². The van der Waals surface area contributed by atoms with Crippen molar-refractivity contribution < 1.29 is 0 Å². The molecule has 1 aliphatic carbocycles. The lowest BCUT2D eigenvalue weighted by Gasteiger charge is -2.21. The van der Waals surface area contributed by atoms with E-state index >= 15 is 0 Å². The molecule has 2 aromatic rings. The molecule has 0 radical (unpaired) electrons. The number of fused-ring (bicyclic) bond motifs is 1. The van der Waals surface area contributed by atoms with E-state index in [2.05, 4.69) is 32.5 Å². The quantitative estimate of drug-likeness (QED) is 0.837. The van der Waals surface area contributed by atoms with Crippen molar-refractivity contribution in [1.29, 1.82) is 0 Å². The van der Waals surface area contributed by atoms with Crippen LogP contribution in [-0.2, 0) is 6.54 Å². The van der Waals surface area contributed by atoms with Crippen LogP contribution >= 0.6 is 11.3 Å². The molecule has 18 heavy (non-hydrogen) atoms. The molecule has 3 nitrogen and oxygen atoms in total. The zero-order valence-electron chi connectivity index (χ0n) is 10.8. The molecular weight excluding hydrogens is 242 g/mol. The molecule has 0 saturated heterocycles. The third kappa shape index (κ3) is 2.93. The van der Waals surface area contributed by atoms with Crippen LogP contribution in [0.3, 0.4) is 0 Å². The van der Waals surface area contributed by atoms with Gasteiger partial charge in [0, 0.05) is 24.3 Å². The Bertz CT molecular complexity index is 453. The smallest absolute Gasteiger partial charge is 0.193 e. The first-order chi connectivity index (χ1) is 8.92. The molecule has 4 heteroatoms. The van der Waals surface area contributed by atoms with Crippen LogP contribution in [0, 0.1) is 5.92 Å². The van der Waals surface area contributed by atoms with E-state index in [0.717, 1.165) is 29.7 Å². The van der Waals surface area contributed by atoms with E-state index in [1.165, 1.54) is 38.5 Å². The average molecular weight is 263 g/mol. The van der Waals surface area contributed by atoms with Crippen LogP contribution in [0.2, 0.25) is 0 Å². The largest absolute Gasteiger partial charge is 0.311 e. The first-order valence-electron chi connectivity index (χ1n) is 7.03. The van der Waals surface area contributed by atoms with E-state index in [1.807, 2.05) is 0 Å². The SMILES string of the molecule is c1cn2cc(CNCCC3CCCCC3)nc2s1. The Morgan fingerprint density at radius 3 is 3.06 bits per heavy atom. The van der Waals surface area contributed by atoms with Gasteiger partial charge >= 0.3 is 0 Å². The maximum atomic E-state index is 4.58. The van der Waals surface area contributed by atoms with Crippen LogP contribution < -0.4 is 5.32 Å². The normalized spacial score (nSPS) is 17.6. The summed E-state index contributed by atoms with van der Waals surface area (Å²) in [6, 6.07) is 0. The van der Waals surface area contributed by atoms with E-state index in [1.54, 1.807) is 11.3 Å². The number of aromatic nitrogens is 2. The molecule has 0 unspecified atom stereocenters. The molecule has 1 N–H and O–H groups in total. The molecule has 3 rings (SSSR count). The minimum absolute atomic E-state index is 0.904. The molecule has 98 valence electrons. The standard InChI is InChI=1S/C14H21N3S/c1-2-4-12(5-3-1)6-7-15-10-13-11-17-8-9-18-14(17)16-13/h8-9,11-12,15H,1-7,10H2. The van der Waals surface area contributed by atoms with Crippen LogP contribution in [0.15, 0.2) is 17.8 Å². The Kier molecular flexibility index (Phi) is 3.96. The van der Waals surface area contributed by atoms with Crippen LogP contribution in [0.4, 0.5) is 0 Å². The topological polar surface area (TPSA) is 29.3 Å². The van der Waals surface area contributed by atoms with Crippen molar-refractivity contribution in [3.63, 3.8) is 0 Å². The van der Waals surface area contributed by atoms with Crippen molar-refractivity contribution in [3.8, 4) is 0 Å². The van der Waals surface area contributed by atoms with E-state index in [0.29, 0.717) is 0 Å². The minimum Gasteiger partial charge on any atom is -0.311 e. The molecular formula is C14H21N3S. The summed E-state index contributed by atoms with van der Waals surface area (Å²) in [5, 5.41) is 5.60. The van der Waals surface area contributed by atoms with Crippen molar-refractivity contribution in [2.45, 2.75) is 45.1 Å². The van der Waals surface area contributed by atoms with Crippen LogP contribution in [0.1, 0.15) is 44.2 Å². The predicted octanol–water partition coefficient (Wildman–Crippen LogP) is 3.46. The van der Waals surface area contributed by atoms with Gasteiger partial charge in [0.15, 0.2) is 4.96 Å². The minimum atomic E-state index is 0.904. The van der Waals surface area contributed by atoms with Crippen molar-refractivity contribution >= 4 is 16.3 Å². The van der Waals surface area contributed by atoms with Gasteiger partial charge in [-0.2, -0.15) is 0 Å². The highest BCUT2D eigenvalue weighted by Crippen LogP contribution is 2.25. The van der Waals surface area contributed by atoms with Gasteiger partial charge < -0.3 is 5.32 Å². The van der Waals surface area contributed by atoms with Gasteiger partial charge in [0.25, 0.3) is 0 Å². The highest BCUT2D eigenvalue weighted by Gasteiger charge is 2.12. The molecule has 1 saturated carbocycles. The number of hydrogen-bond donors (Lipinski definition) is 1. The molecule has 0 amide bonds. The fourth-order valence-electron chi connectivity index (χ4n) is 2.86. The first-order valence-corrected chi connectivity index (χ1v) is 7.91. The fourth-order valence-corrected chi connectivity index (χ4v) is 3.58. The van der Waals surface area contributed by atoms with Gasteiger partial charge in [-0.05, 0) is 18.9 Å². The summed E-state index contributed by atoms with van der Waals surface area (Å²) < 4.78 is 2.10. The van der Waals surface area contributed by atoms with Crippen molar-refractivity contribution in [2.24, 2.45) is 5.92 Å². The maximum absolute atomic E-state index is 4.58.